The summed E-state index contributed by atoms with van der Waals surface area (Å²) in [4.78, 5) is 13.9. The Morgan fingerprint density at radius 1 is 1.35 bits per heavy atom. The third kappa shape index (κ3) is 6.62. The molecule has 0 aromatic heterocycles. The van der Waals surface area contributed by atoms with Gasteiger partial charge in [0.1, 0.15) is 0 Å². The number of hydrogen-bond acceptors (Lipinski definition) is 2. The van der Waals surface area contributed by atoms with Crippen LogP contribution in [0.25, 0.3) is 0 Å². The van der Waals surface area contributed by atoms with Gasteiger partial charge in [0.05, 0.1) is 0 Å². The van der Waals surface area contributed by atoms with Crippen LogP contribution in [0.4, 0.5) is 0 Å². The van der Waals surface area contributed by atoms with Crippen LogP contribution in [0, 0.1) is 11.8 Å². The molecule has 0 aromatic rings. The molecule has 0 bridgehead atoms. The Hall–Kier alpha value is -0.630. The Morgan fingerprint density at radius 2 is 2.00 bits per heavy atom. The van der Waals surface area contributed by atoms with Crippen molar-refractivity contribution in [2.24, 2.45) is 11.8 Å². The number of carbonyl (C=O) groups excluding carboxylic acids is 1. The Morgan fingerprint density at radius 3 is 2.59 bits per heavy atom. The summed E-state index contributed by atoms with van der Waals surface area (Å²) in [5.41, 5.74) is 0. The lowest BCUT2D eigenvalue weighted by molar-refractivity contribution is -0.114. The van der Waals surface area contributed by atoms with Crippen molar-refractivity contribution < 1.29 is 4.79 Å². The van der Waals surface area contributed by atoms with Crippen molar-refractivity contribution in [3.8, 4) is 0 Å². The molecule has 0 atom stereocenters. The molecule has 0 amide bonds. The number of ketones is 1. The van der Waals surface area contributed by atoms with Crippen LogP contribution in [0.5, 0.6) is 0 Å². The molecule has 98 valence electrons. The molecule has 0 saturated carbocycles. The average Bonchev–Trinajstić information content (AvgIpc) is 2.29. The summed E-state index contributed by atoms with van der Waals surface area (Å²) in [6.45, 7) is 6.66. The van der Waals surface area contributed by atoms with Crippen molar-refractivity contribution in [1.29, 1.82) is 0 Å². The molecule has 0 radical (unpaired) electrons. The fraction of sp³-hybridized carbons (Fsp3) is 0.800. The maximum atomic E-state index is 11.5. The first kappa shape index (κ1) is 14.4. The van der Waals surface area contributed by atoms with E-state index in [0.29, 0.717) is 11.7 Å². The molecule has 1 fully saturated rings. The molecule has 17 heavy (non-hydrogen) atoms. The lowest BCUT2D eigenvalue weighted by Crippen LogP contribution is -2.30. The van der Waals surface area contributed by atoms with Crippen molar-refractivity contribution in [1.82, 2.24) is 4.90 Å². The minimum atomic E-state index is 0.298. The van der Waals surface area contributed by atoms with Crippen molar-refractivity contribution in [2.45, 2.75) is 46.0 Å². The van der Waals surface area contributed by atoms with Crippen molar-refractivity contribution in [3.63, 3.8) is 0 Å². The molecule has 1 aliphatic heterocycles. The Balaban J connectivity index is 2.09. The van der Waals surface area contributed by atoms with Crippen molar-refractivity contribution >= 4 is 5.78 Å². The van der Waals surface area contributed by atoms with Gasteiger partial charge in [0.25, 0.3) is 0 Å². The highest BCUT2D eigenvalue weighted by atomic mass is 16.1. The van der Waals surface area contributed by atoms with Gasteiger partial charge in [-0.05, 0) is 63.7 Å². The van der Waals surface area contributed by atoms with Gasteiger partial charge in [-0.15, -0.1) is 0 Å². The molecular weight excluding hydrogens is 210 g/mol. The Bertz CT molecular complexity index is 250. The summed E-state index contributed by atoms with van der Waals surface area (Å²) in [7, 11) is 2.19. The molecular formula is C15H27NO. The fourth-order valence-corrected chi connectivity index (χ4v) is 2.30. The van der Waals surface area contributed by atoms with Crippen LogP contribution in [-0.4, -0.2) is 30.8 Å². The standard InChI is InChI=1S/C15H27NO/c1-13(2)7-8-15(17)6-4-5-14-9-11-16(3)12-10-14/h7-8,13-14H,4-6,9-12H2,1-3H3/b8-7+. The largest absolute Gasteiger partial charge is 0.306 e. The maximum absolute atomic E-state index is 11.5. The second kappa shape index (κ2) is 7.65. The second-order valence-corrected chi connectivity index (χ2v) is 5.71. The van der Waals surface area contributed by atoms with Crippen LogP contribution in [0.2, 0.25) is 0 Å². The molecule has 0 spiro atoms. The van der Waals surface area contributed by atoms with Gasteiger partial charge in [-0.2, -0.15) is 0 Å². The Labute approximate surface area is 106 Å². The summed E-state index contributed by atoms with van der Waals surface area (Å²) in [6, 6.07) is 0. The van der Waals surface area contributed by atoms with Crippen LogP contribution >= 0.6 is 0 Å². The van der Waals surface area contributed by atoms with E-state index in [0.717, 1.165) is 18.8 Å². The summed E-state index contributed by atoms with van der Waals surface area (Å²) in [5.74, 6) is 1.63. The predicted molar refractivity (Wildman–Crippen MR) is 73.1 cm³/mol. The highest BCUT2D eigenvalue weighted by molar-refractivity contribution is 5.89. The molecule has 1 aliphatic rings. The van der Waals surface area contributed by atoms with Crippen LogP contribution in [0.3, 0.4) is 0 Å². The normalized spacial score (nSPS) is 19.3. The van der Waals surface area contributed by atoms with E-state index in [1.807, 2.05) is 6.08 Å². The smallest absolute Gasteiger partial charge is 0.155 e. The lowest BCUT2D eigenvalue weighted by atomic mass is 9.91. The van der Waals surface area contributed by atoms with E-state index in [9.17, 15) is 4.79 Å². The van der Waals surface area contributed by atoms with E-state index in [4.69, 9.17) is 0 Å². The molecule has 1 saturated heterocycles. The van der Waals surface area contributed by atoms with E-state index in [1.54, 1.807) is 6.08 Å². The van der Waals surface area contributed by atoms with E-state index in [-0.39, 0.29) is 0 Å². The summed E-state index contributed by atoms with van der Waals surface area (Å²) in [6.07, 6.45) is 9.41. The van der Waals surface area contributed by atoms with Crippen LogP contribution < -0.4 is 0 Å². The molecule has 1 heterocycles. The van der Waals surface area contributed by atoms with Gasteiger partial charge in [-0.1, -0.05) is 19.9 Å². The highest BCUT2D eigenvalue weighted by Gasteiger charge is 2.16. The molecule has 2 nitrogen and oxygen atoms in total. The minimum Gasteiger partial charge on any atom is -0.306 e. The predicted octanol–water partition coefficient (Wildman–Crippen LogP) is 3.28. The van der Waals surface area contributed by atoms with Gasteiger partial charge in [-0.3, -0.25) is 4.79 Å². The number of carbonyl (C=O) groups is 1. The number of allylic oxidation sites excluding steroid dienone is 2. The SMILES string of the molecule is CC(C)/C=C/C(=O)CCCC1CCN(C)CC1. The molecule has 0 aromatic carbocycles. The fourth-order valence-electron chi connectivity index (χ4n) is 2.30. The zero-order chi connectivity index (χ0) is 12.7. The monoisotopic (exact) mass is 237 g/mol. The van der Waals surface area contributed by atoms with Gasteiger partial charge in [-0.25, -0.2) is 0 Å². The summed E-state index contributed by atoms with van der Waals surface area (Å²) in [5, 5.41) is 0. The summed E-state index contributed by atoms with van der Waals surface area (Å²) >= 11 is 0. The third-order valence-corrected chi connectivity index (χ3v) is 3.54. The van der Waals surface area contributed by atoms with Gasteiger partial charge in [0.2, 0.25) is 0 Å². The number of likely N-dealkylation sites (tertiary alicyclic amines) is 1. The molecule has 1 rings (SSSR count). The van der Waals surface area contributed by atoms with Gasteiger partial charge in [0.15, 0.2) is 5.78 Å². The number of nitrogens with zero attached hydrogens (tertiary/aromatic N) is 1. The van der Waals surface area contributed by atoms with Crippen molar-refractivity contribution in [2.75, 3.05) is 20.1 Å². The number of hydrogen-bond donors (Lipinski definition) is 0. The van der Waals surface area contributed by atoms with E-state index >= 15 is 0 Å². The van der Waals surface area contributed by atoms with Gasteiger partial charge in [0, 0.05) is 6.42 Å². The Kier molecular flexibility index (Phi) is 6.49. The first-order valence-corrected chi connectivity index (χ1v) is 6.97. The van der Waals surface area contributed by atoms with Crippen LogP contribution in [-0.2, 0) is 4.79 Å². The molecule has 0 aliphatic carbocycles. The first-order chi connectivity index (χ1) is 8.08. The zero-order valence-electron chi connectivity index (χ0n) is 11.6. The zero-order valence-corrected chi connectivity index (χ0v) is 11.6. The number of rotatable bonds is 6. The van der Waals surface area contributed by atoms with Gasteiger partial charge >= 0.3 is 0 Å². The third-order valence-electron chi connectivity index (χ3n) is 3.54. The molecule has 0 unspecified atom stereocenters. The minimum absolute atomic E-state index is 0.298. The van der Waals surface area contributed by atoms with E-state index in [2.05, 4.69) is 25.8 Å². The first-order valence-electron chi connectivity index (χ1n) is 6.97. The second-order valence-electron chi connectivity index (χ2n) is 5.71. The highest BCUT2D eigenvalue weighted by Crippen LogP contribution is 2.21. The van der Waals surface area contributed by atoms with Crippen LogP contribution in [0.15, 0.2) is 12.2 Å². The quantitative estimate of drug-likeness (QED) is 0.661. The van der Waals surface area contributed by atoms with E-state index < -0.39 is 0 Å². The average molecular weight is 237 g/mol. The topological polar surface area (TPSA) is 20.3 Å². The van der Waals surface area contributed by atoms with Crippen LogP contribution in [0.1, 0.15) is 46.0 Å². The van der Waals surface area contributed by atoms with Crippen molar-refractivity contribution in [3.05, 3.63) is 12.2 Å². The maximum Gasteiger partial charge on any atom is 0.155 e. The number of piperidine rings is 1. The van der Waals surface area contributed by atoms with Gasteiger partial charge < -0.3 is 4.90 Å². The molecule has 0 N–H and O–H groups in total. The summed E-state index contributed by atoms with van der Waals surface area (Å²) < 4.78 is 0. The lowest BCUT2D eigenvalue weighted by Gasteiger charge is -2.28. The van der Waals surface area contributed by atoms with E-state index in [1.165, 1.54) is 32.4 Å². The molecule has 2 heteroatoms.